The van der Waals surface area contributed by atoms with Crippen LogP contribution in [0.1, 0.15) is 40.0 Å². The molecule has 1 rings (SSSR count). The van der Waals surface area contributed by atoms with Gasteiger partial charge in [0.25, 0.3) is 0 Å². The minimum Gasteiger partial charge on any atom is -0.396 e. The zero-order chi connectivity index (χ0) is 10.8. The Bertz CT molecular complexity index is 213. The van der Waals surface area contributed by atoms with Gasteiger partial charge in [0.1, 0.15) is 0 Å². The summed E-state index contributed by atoms with van der Waals surface area (Å²) in [6.07, 6.45) is 2.63. The quantitative estimate of drug-likeness (QED) is 0.743. The van der Waals surface area contributed by atoms with Gasteiger partial charge in [-0.2, -0.15) is 0 Å². The van der Waals surface area contributed by atoms with Crippen molar-refractivity contribution in [3.8, 4) is 0 Å². The Kier molecular flexibility index (Phi) is 3.53. The van der Waals surface area contributed by atoms with Crippen LogP contribution in [0.5, 0.6) is 0 Å². The molecule has 0 aromatic rings. The summed E-state index contributed by atoms with van der Waals surface area (Å²) in [4.78, 5) is 13.6. The van der Waals surface area contributed by atoms with Crippen LogP contribution in [0.2, 0.25) is 0 Å². The van der Waals surface area contributed by atoms with Crippen LogP contribution >= 0.6 is 0 Å². The molecule has 1 aliphatic rings. The SMILES string of the molecule is CCCC(C)(C)N1CC(CO)CC1=O. The molecule has 1 saturated heterocycles. The molecule has 0 radical (unpaired) electrons. The van der Waals surface area contributed by atoms with E-state index in [2.05, 4.69) is 20.8 Å². The molecule has 1 amide bonds. The van der Waals surface area contributed by atoms with Gasteiger partial charge in [0, 0.05) is 31.0 Å². The van der Waals surface area contributed by atoms with Crippen LogP contribution in [0.4, 0.5) is 0 Å². The van der Waals surface area contributed by atoms with Crippen molar-refractivity contribution in [2.24, 2.45) is 5.92 Å². The van der Waals surface area contributed by atoms with E-state index >= 15 is 0 Å². The van der Waals surface area contributed by atoms with E-state index in [1.54, 1.807) is 0 Å². The van der Waals surface area contributed by atoms with Crippen LogP contribution in [0.15, 0.2) is 0 Å². The van der Waals surface area contributed by atoms with Crippen molar-refractivity contribution in [2.75, 3.05) is 13.2 Å². The number of amides is 1. The molecule has 1 atom stereocenters. The monoisotopic (exact) mass is 199 g/mol. The minimum atomic E-state index is -0.0459. The second-order valence-corrected chi connectivity index (χ2v) is 4.82. The lowest BCUT2D eigenvalue weighted by Gasteiger charge is -2.35. The number of likely N-dealkylation sites (tertiary alicyclic amines) is 1. The molecular weight excluding hydrogens is 178 g/mol. The number of carbonyl (C=O) groups excluding carboxylic acids is 1. The van der Waals surface area contributed by atoms with Crippen molar-refractivity contribution in [2.45, 2.75) is 45.6 Å². The number of hydrogen-bond donors (Lipinski definition) is 1. The number of carbonyl (C=O) groups is 1. The summed E-state index contributed by atoms with van der Waals surface area (Å²) >= 11 is 0. The highest BCUT2D eigenvalue weighted by molar-refractivity contribution is 5.79. The molecular formula is C11H21NO2. The molecule has 0 bridgehead atoms. The van der Waals surface area contributed by atoms with Gasteiger partial charge >= 0.3 is 0 Å². The average molecular weight is 199 g/mol. The predicted molar refractivity (Wildman–Crippen MR) is 55.9 cm³/mol. The zero-order valence-electron chi connectivity index (χ0n) is 9.42. The van der Waals surface area contributed by atoms with E-state index in [1.807, 2.05) is 4.90 Å². The molecule has 3 nitrogen and oxygen atoms in total. The standard InChI is InChI=1S/C11H21NO2/c1-4-5-11(2,3)12-7-9(8-13)6-10(12)14/h9,13H,4-8H2,1-3H3. The van der Waals surface area contributed by atoms with E-state index < -0.39 is 0 Å². The smallest absolute Gasteiger partial charge is 0.223 e. The van der Waals surface area contributed by atoms with Crippen molar-refractivity contribution >= 4 is 5.91 Å². The van der Waals surface area contributed by atoms with E-state index in [0.717, 1.165) is 19.4 Å². The van der Waals surface area contributed by atoms with Gasteiger partial charge in [-0.05, 0) is 20.3 Å². The largest absolute Gasteiger partial charge is 0.396 e. The molecule has 1 unspecified atom stereocenters. The minimum absolute atomic E-state index is 0.0459. The molecule has 1 aliphatic heterocycles. The molecule has 1 N–H and O–H groups in total. The van der Waals surface area contributed by atoms with Gasteiger partial charge in [0.2, 0.25) is 5.91 Å². The molecule has 1 fully saturated rings. The van der Waals surface area contributed by atoms with Crippen molar-refractivity contribution in [1.29, 1.82) is 0 Å². The fourth-order valence-electron chi connectivity index (χ4n) is 2.24. The van der Waals surface area contributed by atoms with E-state index in [4.69, 9.17) is 5.11 Å². The number of aliphatic hydroxyl groups is 1. The highest BCUT2D eigenvalue weighted by Gasteiger charge is 2.37. The number of nitrogens with zero attached hydrogens (tertiary/aromatic N) is 1. The highest BCUT2D eigenvalue weighted by atomic mass is 16.3. The van der Waals surface area contributed by atoms with Crippen LogP contribution < -0.4 is 0 Å². The van der Waals surface area contributed by atoms with Gasteiger partial charge in [-0.15, -0.1) is 0 Å². The normalized spacial score (nSPS) is 23.3. The van der Waals surface area contributed by atoms with Crippen molar-refractivity contribution in [1.82, 2.24) is 4.90 Å². The third kappa shape index (κ3) is 2.27. The maximum atomic E-state index is 11.7. The summed E-state index contributed by atoms with van der Waals surface area (Å²) in [5.74, 6) is 0.348. The Hall–Kier alpha value is -0.570. The third-order valence-electron chi connectivity index (χ3n) is 3.06. The Morgan fingerprint density at radius 3 is 2.64 bits per heavy atom. The number of rotatable bonds is 4. The van der Waals surface area contributed by atoms with Crippen LogP contribution in [-0.4, -0.2) is 34.6 Å². The third-order valence-corrected chi connectivity index (χ3v) is 3.06. The van der Waals surface area contributed by atoms with Gasteiger partial charge in [-0.1, -0.05) is 13.3 Å². The summed E-state index contributed by atoms with van der Waals surface area (Å²) in [6, 6.07) is 0. The topological polar surface area (TPSA) is 40.5 Å². The second kappa shape index (κ2) is 4.30. The summed E-state index contributed by atoms with van der Waals surface area (Å²) < 4.78 is 0. The number of hydrogen-bond acceptors (Lipinski definition) is 2. The molecule has 0 spiro atoms. The van der Waals surface area contributed by atoms with Crippen LogP contribution in [0.25, 0.3) is 0 Å². The first-order chi connectivity index (χ1) is 6.51. The van der Waals surface area contributed by atoms with E-state index in [9.17, 15) is 4.79 Å². The van der Waals surface area contributed by atoms with Gasteiger partial charge in [0.05, 0.1) is 0 Å². The van der Waals surface area contributed by atoms with Gasteiger partial charge in [0.15, 0.2) is 0 Å². The van der Waals surface area contributed by atoms with Crippen LogP contribution in [0, 0.1) is 5.92 Å². The summed E-state index contributed by atoms with van der Waals surface area (Å²) in [7, 11) is 0. The lowest BCUT2D eigenvalue weighted by atomic mass is 9.97. The van der Waals surface area contributed by atoms with Gasteiger partial charge in [-0.25, -0.2) is 0 Å². The lowest BCUT2D eigenvalue weighted by molar-refractivity contribution is -0.132. The molecule has 3 heteroatoms. The Morgan fingerprint density at radius 2 is 2.21 bits per heavy atom. The van der Waals surface area contributed by atoms with E-state index in [-0.39, 0.29) is 24.0 Å². The Morgan fingerprint density at radius 1 is 1.57 bits per heavy atom. The van der Waals surface area contributed by atoms with Crippen molar-refractivity contribution in [3.05, 3.63) is 0 Å². The van der Waals surface area contributed by atoms with E-state index in [1.165, 1.54) is 0 Å². The first-order valence-electron chi connectivity index (χ1n) is 5.42. The second-order valence-electron chi connectivity index (χ2n) is 4.82. The molecule has 14 heavy (non-hydrogen) atoms. The zero-order valence-corrected chi connectivity index (χ0v) is 9.42. The maximum absolute atomic E-state index is 11.7. The molecule has 0 aliphatic carbocycles. The average Bonchev–Trinajstić information content (AvgIpc) is 2.47. The Balaban J connectivity index is 2.64. The fourth-order valence-corrected chi connectivity index (χ4v) is 2.24. The lowest BCUT2D eigenvalue weighted by Crippen LogP contribution is -2.44. The Labute approximate surface area is 86.1 Å². The summed E-state index contributed by atoms with van der Waals surface area (Å²) in [5.41, 5.74) is -0.0459. The maximum Gasteiger partial charge on any atom is 0.223 e. The molecule has 82 valence electrons. The molecule has 0 aromatic heterocycles. The van der Waals surface area contributed by atoms with Crippen LogP contribution in [-0.2, 0) is 4.79 Å². The predicted octanol–water partition coefficient (Wildman–Crippen LogP) is 1.41. The first kappa shape index (κ1) is 11.5. The molecule has 0 aromatic carbocycles. The van der Waals surface area contributed by atoms with Crippen molar-refractivity contribution in [3.63, 3.8) is 0 Å². The van der Waals surface area contributed by atoms with Gasteiger partial charge in [-0.3, -0.25) is 4.79 Å². The number of aliphatic hydroxyl groups excluding tert-OH is 1. The van der Waals surface area contributed by atoms with Gasteiger partial charge < -0.3 is 10.0 Å². The van der Waals surface area contributed by atoms with Crippen LogP contribution in [0.3, 0.4) is 0 Å². The highest BCUT2D eigenvalue weighted by Crippen LogP contribution is 2.28. The first-order valence-corrected chi connectivity index (χ1v) is 5.42. The molecule has 1 heterocycles. The van der Waals surface area contributed by atoms with Crippen molar-refractivity contribution < 1.29 is 9.90 Å². The summed E-state index contributed by atoms with van der Waals surface area (Å²) in [6.45, 7) is 7.20. The fraction of sp³-hybridized carbons (Fsp3) is 0.909. The summed E-state index contributed by atoms with van der Waals surface area (Å²) in [5, 5.41) is 9.02. The van der Waals surface area contributed by atoms with E-state index in [0.29, 0.717) is 6.42 Å². The molecule has 0 saturated carbocycles.